The number of hydrogen-bond donors (Lipinski definition) is 1. The molecule has 1 aliphatic heterocycles. The van der Waals surface area contributed by atoms with Gasteiger partial charge in [0.2, 0.25) is 5.91 Å². The fourth-order valence-electron chi connectivity index (χ4n) is 2.24. The molecule has 96 valence electrons. The lowest BCUT2D eigenvalue weighted by Crippen LogP contribution is -2.25. The first-order valence-electron chi connectivity index (χ1n) is 5.89. The molecule has 2 rings (SSSR count). The predicted molar refractivity (Wildman–Crippen MR) is 65.8 cm³/mol. The van der Waals surface area contributed by atoms with Crippen LogP contribution in [-0.2, 0) is 9.63 Å². The van der Waals surface area contributed by atoms with Crippen molar-refractivity contribution in [3.63, 3.8) is 0 Å². The lowest BCUT2D eigenvalue weighted by Gasteiger charge is -2.14. The maximum atomic E-state index is 12.1. The van der Waals surface area contributed by atoms with Crippen LogP contribution in [0.3, 0.4) is 0 Å². The molecule has 0 aliphatic carbocycles. The van der Waals surface area contributed by atoms with Crippen molar-refractivity contribution >= 4 is 11.8 Å². The first-order chi connectivity index (χ1) is 8.56. The average Bonchev–Trinajstić information content (AvgIpc) is 2.70. The van der Waals surface area contributed by atoms with Gasteiger partial charge in [-0.15, -0.1) is 0 Å². The molecule has 5 heteroatoms. The summed E-state index contributed by atoms with van der Waals surface area (Å²) in [6.45, 7) is 4.49. The minimum Gasteiger partial charge on any atom is -0.366 e. The fourth-order valence-corrected chi connectivity index (χ4v) is 2.24. The third kappa shape index (κ3) is 1.97. The Balaban J connectivity index is 2.38. The molecule has 0 aromatic heterocycles. The zero-order valence-electron chi connectivity index (χ0n) is 10.5. The van der Waals surface area contributed by atoms with Gasteiger partial charge in [0.1, 0.15) is 0 Å². The molecule has 1 aromatic rings. The maximum Gasteiger partial charge on any atom is 0.256 e. The van der Waals surface area contributed by atoms with Crippen molar-refractivity contribution < 1.29 is 14.4 Å². The molecule has 0 bridgehead atoms. The summed E-state index contributed by atoms with van der Waals surface area (Å²) in [4.78, 5) is 28.6. The monoisotopic (exact) mass is 248 g/mol. The van der Waals surface area contributed by atoms with E-state index in [0.29, 0.717) is 18.7 Å². The van der Waals surface area contributed by atoms with Crippen molar-refractivity contribution in [1.29, 1.82) is 0 Å². The summed E-state index contributed by atoms with van der Waals surface area (Å²) < 4.78 is 0. The van der Waals surface area contributed by atoms with E-state index in [1.807, 2.05) is 13.0 Å². The summed E-state index contributed by atoms with van der Waals surface area (Å²) in [6.07, 6.45) is 0. The molecule has 1 heterocycles. The largest absolute Gasteiger partial charge is 0.366 e. The number of likely N-dealkylation sites (N-methyl/N-ethyl adjacent to an activating group) is 1. The summed E-state index contributed by atoms with van der Waals surface area (Å²) in [6, 6.07) is 5.25. The van der Waals surface area contributed by atoms with Crippen LogP contribution < -0.4 is 5.73 Å². The zero-order valence-corrected chi connectivity index (χ0v) is 10.5. The molecule has 2 amide bonds. The quantitative estimate of drug-likeness (QED) is 0.866. The van der Waals surface area contributed by atoms with Gasteiger partial charge in [0.15, 0.2) is 0 Å². The molecular weight excluding hydrogens is 232 g/mol. The Morgan fingerprint density at radius 1 is 1.56 bits per heavy atom. The molecule has 1 unspecified atom stereocenters. The van der Waals surface area contributed by atoms with Crippen LogP contribution in [0.25, 0.3) is 0 Å². The highest BCUT2D eigenvalue weighted by Crippen LogP contribution is 2.29. The highest BCUT2D eigenvalue weighted by Gasteiger charge is 2.34. The highest BCUT2D eigenvalue weighted by molar-refractivity contribution is 5.95. The topological polar surface area (TPSA) is 72.6 Å². The third-order valence-corrected chi connectivity index (χ3v) is 3.24. The zero-order chi connectivity index (χ0) is 13.3. The number of benzene rings is 1. The van der Waals surface area contributed by atoms with Gasteiger partial charge in [-0.05, 0) is 31.0 Å². The average molecular weight is 248 g/mol. The van der Waals surface area contributed by atoms with Crippen LogP contribution in [-0.4, -0.2) is 30.0 Å². The van der Waals surface area contributed by atoms with Crippen molar-refractivity contribution in [2.75, 3.05) is 13.2 Å². The Bertz CT molecular complexity index is 499. The van der Waals surface area contributed by atoms with Gasteiger partial charge in [-0.1, -0.05) is 12.1 Å². The van der Waals surface area contributed by atoms with Crippen LogP contribution in [0.1, 0.15) is 34.3 Å². The lowest BCUT2D eigenvalue weighted by molar-refractivity contribution is -0.160. The van der Waals surface area contributed by atoms with E-state index in [2.05, 4.69) is 0 Å². The smallest absolute Gasteiger partial charge is 0.256 e. The van der Waals surface area contributed by atoms with Gasteiger partial charge < -0.3 is 5.73 Å². The standard InChI is InChI=1S/C13H16N2O3/c1-3-15-13(17)11(7-18-15)9-5-4-6-10(8(9)2)12(14)16/h4-6,11H,3,7H2,1-2H3,(H2,14,16). The normalized spacial score (nSPS) is 19.3. The number of hydrogen-bond acceptors (Lipinski definition) is 3. The molecular formula is C13H16N2O3. The molecule has 1 atom stereocenters. The van der Waals surface area contributed by atoms with Crippen molar-refractivity contribution in [3.8, 4) is 0 Å². The van der Waals surface area contributed by atoms with Gasteiger partial charge in [-0.25, -0.2) is 5.06 Å². The van der Waals surface area contributed by atoms with Gasteiger partial charge in [0, 0.05) is 12.1 Å². The van der Waals surface area contributed by atoms with E-state index in [4.69, 9.17) is 10.6 Å². The number of carbonyl (C=O) groups is 2. The van der Waals surface area contributed by atoms with E-state index >= 15 is 0 Å². The molecule has 1 saturated heterocycles. The third-order valence-electron chi connectivity index (χ3n) is 3.24. The van der Waals surface area contributed by atoms with Crippen molar-refractivity contribution in [3.05, 3.63) is 34.9 Å². The minimum absolute atomic E-state index is 0.0674. The van der Waals surface area contributed by atoms with E-state index in [1.165, 1.54) is 5.06 Å². The van der Waals surface area contributed by atoms with Crippen LogP contribution in [0.5, 0.6) is 0 Å². The Labute approximate surface area is 105 Å². The predicted octanol–water partition coefficient (Wildman–Crippen LogP) is 0.971. The van der Waals surface area contributed by atoms with E-state index in [9.17, 15) is 9.59 Å². The summed E-state index contributed by atoms with van der Waals surface area (Å²) in [5, 5.41) is 1.35. The first-order valence-corrected chi connectivity index (χ1v) is 5.89. The fraction of sp³-hybridized carbons (Fsp3) is 0.385. The van der Waals surface area contributed by atoms with Crippen LogP contribution in [0.4, 0.5) is 0 Å². The second kappa shape index (κ2) is 4.78. The summed E-state index contributed by atoms with van der Waals surface area (Å²) in [5.41, 5.74) is 7.33. The van der Waals surface area contributed by atoms with E-state index in [-0.39, 0.29) is 11.8 Å². The minimum atomic E-state index is -0.479. The SMILES string of the molecule is CCN1OCC(c2cccc(C(N)=O)c2C)C1=O. The second-order valence-corrected chi connectivity index (χ2v) is 4.27. The van der Waals surface area contributed by atoms with Crippen molar-refractivity contribution in [2.24, 2.45) is 5.73 Å². The molecule has 1 fully saturated rings. The molecule has 0 spiro atoms. The van der Waals surface area contributed by atoms with Crippen LogP contribution in [0.2, 0.25) is 0 Å². The molecule has 0 radical (unpaired) electrons. The molecule has 5 nitrogen and oxygen atoms in total. The summed E-state index contributed by atoms with van der Waals surface area (Å²) >= 11 is 0. The van der Waals surface area contributed by atoms with E-state index < -0.39 is 5.91 Å². The summed E-state index contributed by atoms with van der Waals surface area (Å²) in [5.74, 6) is -0.889. The van der Waals surface area contributed by atoms with E-state index in [0.717, 1.165) is 11.1 Å². The number of hydroxylamine groups is 2. The number of amides is 2. The molecule has 2 N–H and O–H groups in total. The number of nitrogens with two attached hydrogens (primary N) is 1. The summed E-state index contributed by atoms with van der Waals surface area (Å²) in [7, 11) is 0. The molecule has 1 aromatic carbocycles. The first kappa shape index (κ1) is 12.6. The number of carbonyl (C=O) groups excluding carboxylic acids is 2. The lowest BCUT2D eigenvalue weighted by atomic mass is 9.92. The molecule has 18 heavy (non-hydrogen) atoms. The van der Waals surface area contributed by atoms with E-state index in [1.54, 1.807) is 19.1 Å². The Morgan fingerprint density at radius 3 is 2.83 bits per heavy atom. The van der Waals surface area contributed by atoms with Gasteiger partial charge in [-0.3, -0.25) is 14.4 Å². The van der Waals surface area contributed by atoms with Crippen LogP contribution in [0.15, 0.2) is 18.2 Å². The van der Waals surface area contributed by atoms with Gasteiger partial charge in [-0.2, -0.15) is 0 Å². The number of primary amides is 1. The second-order valence-electron chi connectivity index (χ2n) is 4.27. The number of rotatable bonds is 3. The van der Waals surface area contributed by atoms with Crippen molar-refractivity contribution in [1.82, 2.24) is 5.06 Å². The Kier molecular flexibility index (Phi) is 3.34. The molecule has 1 aliphatic rings. The van der Waals surface area contributed by atoms with Crippen LogP contribution >= 0.6 is 0 Å². The molecule has 0 saturated carbocycles. The van der Waals surface area contributed by atoms with Gasteiger partial charge in [0.25, 0.3) is 5.91 Å². The Morgan fingerprint density at radius 2 is 2.28 bits per heavy atom. The number of nitrogens with zero attached hydrogens (tertiary/aromatic N) is 1. The van der Waals surface area contributed by atoms with Gasteiger partial charge >= 0.3 is 0 Å². The van der Waals surface area contributed by atoms with Crippen LogP contribution in [0, 0.1) is 6.92 Å². The highest BCUT2D eigenvalue weighted by atomic mass is 16.7. The Hall–Kier alpha value is -1.88. The van der Waals surface area contributed by atoms with Gasteiger partial charge in [0.05, 0.1) is 12.5 Å². The maximum absolute atomic E-state index is 12.1. The van der Waals surface area contributed by atoms with Crippen molar-refractivity contribution in [2.45, 2.75) is 19.8 Å².